The molecule has 2 aromatic heterocycles. The van der Waals surface area contributed by atoms with E-state index < -0.39 is 59.4 Å². The lowest BCUT2D eigenvalue weighted by atomic mass is 9.76. The smallest absolute Gasteiger partial charge is 0.416 e. The SMILES string of the molecule is C[B]c1oc(C(COC(=O)Nc2cc#[n+]cc2)Oc2ccc(F)c(C(N)=O)c2F)cc1-c1ccc(C(F)(F)F)cc1. The van der Waals surface area contributed by atoms with Crippen LogP contribution in [0.25, 0.3) is 11.1 Å². The first-order valence-corrected chi connectivity index (χ1v) is 11.8. The standard InChI is InChI=1S/C27H18BF5N3O5/c1-28-24-17(14-2-4-15(5-3-14)27(31,32)33)12-20(41-24)21(13-39-26(38)36-16-8-10-35-11-9-16)40-19-7-6-18(29)22(23(19)30)25(34)37/h2-10,12,21H,13H2,1H3,(H2,34,37)/p+1. The maximum atomic E-state index is 15.0. The molecular weight excluding hydrogens is 552 g/mol. The van der Waals surface area contributed by atoms with Gasteiger partial charge in [-0.25, -0.2) is 13.6 Å². The van der Waals surface area contributed by atoms with E-state index in [1.54, 1.807) is 6.82 Å². The zero-order valence-corrected chi connectivity index (χ0v) is 21.1. The highest BCUT2D eigenvalue weighted by Crippen LogP contribution is 2.33. The molecular formula is C27H19BF5N3O5+. The van der Waals surface area contributed by atoms with Gasteiger partial charge in [-0.2, -0.15) is 13.2 Å². The number of aromatic nitrogens is 1. The van der Waals surface area contributed by atoms with Gasteiger partial charge in [-0.1, -0.05) is 19.0 Å². The number of nitrogens with two attached hydrogens (primary N) is 1. The number of halogens is 5. The van der Waals surface area contributed by atoms with Crippen molar-refractivity contribution in [2.45, 2.75) is 19.1 Å². The minimum atomic E-state index is -4.53. The van der Waals surface area contributed by atoms with Crippen LogP contribution in [0, 0.1) is 17.8 Å². The third kappa shape index (κ3) is 6.75. The first kappa shape index (κ1) is 28.9. The third-order valence-corrected chi connectivity index (χ3v) is 5.69. The third-order valence-electron chi connectivity index (χ3n) is 5.69. The van der Waals surface area contributed by atoms with Gasteiger partial charge in [0, 0.05) is 11.6 Å². The van der Waals surface area contributed by atoms with Gasteiger partial charge in [0.1, 0.15) is 23.7 Å². The average molecular weight is 571 g/mol. The summed E-state index contributed by atoms with van der Waals surface area (Å²) in [7, 11) is 1.53. The average Bonchev–Trinajstić information content (AvgIpc) is 3.36. The molecule has 8 nitrogen and oxygen atoms in total. The van der Waals surface area contributed by atoms with E-state index in [0.29, 0.717) is 16.8 Å². The minimum absolute atomic E-state index is 0.0256. The van der Waals surface area contributed by atoms with Gasteiger partial charge in [-0.3, -0.25) is 10.1 Å². The fraction of sp³-hybridized carbons (Fsp3) is 0.148. The van der Waals surface area contributed by atoms with Gasteiger partial charge in [0.2, 0.25) is 0 Å². The van der Waals surface area contributed by atoms with E-state index in [1.165, 1.54) is 43.8 Å². The highest BCUT2D eigenvalue weighted by Gasteiger charge is 2.31. The van der Waals surface area contributed by atoms with E-state index in [2.05, 4.69) is 16.5 Å². The Morgan fingerprint density at radius 1 is 1.15 bits per heavy atom. The van der Waals surface area contributed by atoms with Gasteiger partial charge in [-0.15, -0.1) is 0 Å². The lowest BCUT2D eigenvalue weighted by Crippen LogP contribution is -2.22. The maximum Gasteiger partial charge on any atom is 0.416 e. The Kier molecular flexibility index (Phi) is 8.46. The lowest BCUT2D eigenvalue weighted by molar-refractivity contribution is -0.293. The summed E-state index contributed by atoms with van der Waals surface area (Å²) in [6, 6.07) is 10.2. The Labute approximate surface area is 230 Å². The largest absolute Gasteiger partial charge is 0.476 e. The van der Waals surface area contributed by atoms with Crippen LogP contribution in [-0.4, -0.2) is 25.9 Å². The molecule has 4 rings (SSSR count). The number of ether oxygens (including phenoxy) is 2. The number of amides is 2. The van der Waals surface area contributed by atoms with Crippen LogP contribution in [0.4, 0.5) is 32.4 Å². The Balaban J connectivity index is 1.67. The molecule has 0 fully saturated rings. The number of furan rings is 1. The van der Waals surface area contributed by atoms with E-state index in [9.17, 15) is 31.5 Å². The van der Waals surface area contributed by atoms with Crippen LogP contribution in [-0.2, 0) is 10.9 Å². The fourth-order valence-electron chi connectivity index (χ4n) is 3.74. The predicted molar refractivity (Wildman–Crippen MR) is 134 cm³/mol. The quantitative estimate of drug-likeness (QED) is 0.226. The van der Waals surface area contributed by atoms with Crippen molar-refractivity contribution in [1.82, 2.24) is 0 Å². The molecule has 0 spiro atoms. The highest BCUT2D eigenvalue weighted by molar-refractivity contribution is 6.52. The molecule has 1 atom stereocenters. The van der Waals surface area contributed by atoms with Gasteiger partial charge >= 0.3 is 24.7 Å². The fourth-order valence-corrected chi connectivity index (χ4v) is 3.74. The first-order chi connectivity index (χ1) is 19.5. The van der Waals surface area contributed by atoms with E-state index in [-0.39, 0.29) is 11.4 Å². The van der Waals surface area contributed by atoms with Crippen molar-refractivity contribution in [3.8, 4) is 16.9 Å². The summed E-state index contributed by atoms with van der Waals surface area (Å²) in [5.41, 5.74) is 4.45. The zero-order valence-electron chi connectivity index (χ0n) is 21.1. The second kappa shape index (κ2) is 12.0. The van der Waals surface area contributed by atoms with Crippen LogP contribution >= 0.6 is 0 Å². The Morgan fingerprint density at radius 3 is 2.49 bits per heavy atom. The number of anilines is 1. The molecule has 3 N–H and O–H groups in total. The van der Waals surface area contributed by atoms with Crippen molar-refractivity contribution in [2.75, 3.05) is 11.9 Å². The van der Waals surface area contributed by atoms with Crippen LogP contribution in [0.2, 0.25) is 6.82 Å². The van der Waals surface area contributed by atoms with Gasteiger partial charge in [-0.05, 0) is 40.9 Å². The second-order valence-electron chi connectivity index (χ2n) is 8.39. The van der Waals surface area contributed by atoms with Gasteiger partial charge in [0.25, 0.3) is 5.91 Å². The van der Waals surface area contributed by atoms with Crippen molar-refractivity contribution in [1.29, 1.82) is 0 Å². The summed E-state index contributed by atoms with van der Waals surface area (Å²) in [5.74, 6) is -4.61. The Bertz CT molecular complexity index is 1550. The van der Waals surface area contributed by atoms with Crippen LogP contribution < -0.4 is 26.4 Å². The minimum Gasteiger partial charge on any atom is -0.476 e. The Morgan fingerprint density at radius 2 is 1.88 bits per heavy atom. The van der Waals surface area contributed by atoms with Crippen LogP contribution in [0.15, 0.2) is 65.2 Å². The summed E-state index contributed by atoms with van der Waals surface area (Å²) in [4.78, 5) is 27.7. The number of nitrogens with one attached hydrogen (secondary N) is 1. The molecule has 209 valence electrons. The molecule has 0 aliphatic carbocycles. The normalized spacial score (nSPS) is 11.8. The first-order valence-electron chi connectivity index (χ1n) is 11.8. The van der Waals surface area contributed by atoms with Crippen LogP contribution in [0.5, 0.6) is 5.75 Å². The highest BCUT2D eigenvalue weighted by atomic mass is 19.4. The second-order valence-corrected chi connectivity index (χ2v) is 8.39. The molecule has 2 amide bonds. The molecule has 0 aliphatic heterocycles. The molecule has 2 aromatic carbocycles. The summed E-state index contributed by atoms with van der Waals surface area (Å²) in [5, 5.41) is 2.43. The van der Waals surface area contributed by atoms with Crippen molar-refractivity contribution in [2.24, 2.45) is 5.73 Å². The zero-order chi connectivity index (χ0) is 29.7. The summed E-state index contributed by atoms with van der Waals surface area (Å²) < 4.78 is 84.8. The van der Waals surface area contributed by atoms with E-state index in [0.717, 1.165) is 24.3 Å². The molecule has 4 aromatic rings. The number of benzene rings is 2. The number of nitrogens with zero attached hydrogens (tertiary/aromatic N) is 1. The number of carbonyl (C=O) groups excluding carboxylic acids is 2. The molecule has 0 bridgehead atoms. The van der Waals surface area contributed by atoms with Crippen LogP contribution in [0.1, 0.15) is 27.8 Å². The van der Waals surface area contributed by atoms with Gasteiger partial charge in [0.05, 0.1) is 23.0 Å². The number of hydrogen-bond acceptors (Lipinski definition) is 5. The van der Waals surface area contributed by atoms with E-state index in [1.807, 2.05) is 0 Å². The topological polar surface area (TPSA) is 118 Å². The molecule has 1 unspecified atom stereocenters. The van der Waals surface area contributed by atoms with E-state index >= 15 is 0 Å². The number of rotatable bonds is 9. The van der Waals surface area contributed by atoms with Crippen molar-refractivity contribution < 1.29 is 50.4 Å². The van der Waals surface area contributed by atoms with Crippen molar-refractivity contribution in [3.05, 3.63) is 95.5 Å². The molecule has 0 saturated heterocycles. The number of alkyl halides is 3. The summed E-state index contributed by atoms with van der Waals surface area (Å²) in [6.45, 7) is 1.03. The molecule has 0 aliphatic rings. The number of primary amides is 1. The summed E-state index contributed by atoms with van der Waals surface area (Å²) in [6.07, 6.45) is -2.94. The number of carbonyl (C=O) groups is 2. The van der Waals surface area contributed by atoms with Crippen molar-refractivity contribution in [3.63, 3.8) is 0 Å². The molecule has 0 saturated carbocycles. The van der Waals surface area contributed by atoms with Gasteiger partial charge in [0.15, 0.2) is 25.0 Å². The molecule has 1 radical (unpaired) electrons. The van der Waals surface area contributed by atoms with Crippen LogP contribution in [0.3, 0.4) is 0 Å². The maximum absolute atomic E-state index is 15.0. The summed E-state index contributed by atoms with van der Waals surface area (Å²) >= 11 is 0. The van der Waals surface area contributed by atoms with Crippen molar-refractivity contribution >= 4 is 30.6 Å². The number of hydrogen-bond donors (Lipinski definition) is 2. The molecule has 2 heterocycles. The van der Waals surface area contributed by atoms with Gasteiger partial charge < -0.3 is 19.6 Å². The molecule has 14 heteroatoms. The lowest BCUT2D eigenvalue weighted by Gasteiger charge is -2.18. The predicted octanol–water partition coefficient (Wildman–Crippen LogP) is 4.49. The molecule has 41 heavy (non-hydrogen) atoms. The monoisotopic (exact) mass is 571 g/mol. The Hall–Kier alpha value is -5.06. The van der Waals surface area contributed by atoms with E-state index in [4.69, 9.17) is 19.6 Å².